The smallest absolute Gasteiger partial charge is 0.101 e. The van der Waals surface area contributed by atoms with Crippen molar-refractivity contribution in [2.24, 2.45) is 0 Å². The molecule has 3 nitrogen and oxygen atoms in total. The van der Waals surface area contributed by atoms with Crippen LogP contribution in [0.5, 0.6) is 0 Å². The molecular weight excluding hydrogens is 281 g/mol. The predicted molar refractivity (Wildman–Crippen MR) is 70.3 cm³/mol. The third-order valence-electron chi connectivity index (χ3n) is 2.35. The lowest BCUT2D eigenvalue weighted by molar-refractivity contribution is 0.786. The van der Waals surface area contributed by atoms with Crippen molar-refractivity contribution in [2.75, 3.05) is 0 Å². The molecule has 0 spiro atoms. The van der Waals surface area contributed by atoms with Crippen molar-refractivity contribution in [3.05, 3.63) is 40.1 Å². The Balaban J connectivity index is 2.40. The van der Waals surface area contributed by atoms with Gasteiger partial charge in [0.05, 0.1) is 22.3 Å². The van der Waals surface area contributed by atoms with Crippen molar-refractivity contribution in [1.29, 1.82) is 0 Å². The van der Waals surface area contributed by atoms with Gasteiger partial charge >= 0.3 is 0 Å². The van der Waals surface area contributed by atoms with Crippen LogP contribution in [0.25, 0.3) is 5.69 Å². The van der Waals surface area contributed by atoms with Gasteiger partial charge in [-0.25, -0.2) is 4.68 Å². The lowest BCUT2D eigenvalue weighted by atomic mass is 10.2. The highest BCUT2D eigenvalue weighted by molar-refractivity contribution is 6.34. The summed E-state index contributed by atoms with van der Waals surface area (Å²) >= 11 is 18.1. The Hall–Kier alpha value is -0.770. The molecule has 0 fully saturated rings. The standard InChI is InChI=1S/C11H10Cl3N3/c1-2-8(13)10-6-17(16-15-10)11-5-7(12)3-4-9(11)14/h3-6,8H,2H2,1H3. The number of hydrogen-bond donors (Lipinski definition) is 0. The fourth-order valence-electron chi connectivity index (χ4n) is 1.41. The van der Waals surface area contributed by atoms with Gasteiger partial charge in [-0.05, 0) is 24.6 Å². The summed E-state index contributed by atoms with van der Waals surface area (Å²) in [6.07, 6.45) is 2.56. The maximum Gasteiger partial charge on any atom is 0.101 e. The van der Waals surface area contributed by atoms with E-state index in [0.29, 0.717) is 15.7 Å². The molecular formula is C11H10Cl3N3. The van der Waals surface area contributed by atoms with Crippen LogP contribution in [-0.4, -0.2) is 15.0 Å². The van der Waals surface area contributed by atoms with Gasteiger partial charge in [-0.1, -0.05) is 35.3 Å². The van der Waals surface area contributed by atoms with E-state index in [-0.39, 0.29) is 5.38 Å². The van der Waals surface area contributed by atoms with Crippen LogP contribution in [0, 0.1) is 0 Å². The van der Waals surface area contributed by atoms with E-state index in [4.69, 9.17) is 34.8 Å². The summed E-state index contributed by atoms with van der Waals surface area (Å²) in [5.41, 5.74) is 1.42. The molecule has 2 rings (SSSR count). The third-order valence-corrected chi connectivity index (χ3v) is 3.43. The molecule has 0 radical (unpaired) electrons. The van der Waals surface area contributed by atoms with Gasteiger partial charge in [-0.15, -0.1) is 16.7 Å². The highest BCUT2D eigenvalue weighted by atomic mass is 35.5. The van der Waals surface area contributed by atoms with Crippen LogP contribution in [0.3, 0.4) is 0 Å². The van der Waals surface area contributed by atoms with Crippen LogP contribution in [-0.2, 0) is 0 Å². The van der Waals surface area contributed by atoms with E-state index in [2.05, 4.69) is 10.3 Å². The van der Waals surface area contributed by atoms with Gasteiger partial charge in [-0.2, -0.15) is 0 Å². The molecule has 0 aliphatic rings. The van der Waals surface area contributed by atoms with Crippen LogP contribution in [0.2, 0.25) is 10.0 Å². The number of benzene rings is 1. The Labute approximate surface area is 114 Å². The molecule has 0 amide bonds. The maximum absolute atomic E-state index is 6.09. The highest BCUT2D eigenvalue weighted by Crippen LogP contribution is 2.26. The van der Waals surface area contributed by atoms with E-state index < -0.39 is 0 Å². The second-order valence-corrected chi connectivity index (χ2v) is 4.93. The minimum absolute atomic E-state index is 0.137. The van der Waals surface area contributed by atoms with Crippen molar-refractivity contribution in [3.8, 4) is 5.69 Å². The van der Waals surface area contributed by atoms with Crippen molar-refractivity contribution in [1.82, 2.24) is 15.0 Å². The van der Waals surface area contributed by atoms with E-state index in [0.717, 1.165) is 12.1 Å². The summed E-state index contributed by atoms with van der Waals surface area (Å²) in [7, 11) is 0. The van der Waals surface area contributed by atoms with Crippen molar-refractivity contribution in [2.45, 2.75) is 18.7 Å². The van der Waals surface area contributed by atoms with Crippen LogP contribution in [0.1, 0.15) is 24.4 Å². The summed E-state index contributed by atoms with van der Waals surface area (Å²) in [5.74, 6) is 0. The molecule has 1 aromatic heterocycles. The fourth-order valence-corrected chi connectivity index (χ4v) is 1.88. The normalized spacial score (nSPS) is 12.7. The average molecular weight is 291 g/mol. The second kappa shape index (κ2) is 5.25. The molecule has 2 aromatic rings. The van der Waals surface area contributed by atoms with Gasteiger partial charge < -0.3 is 0 Å². The number of alkyl halides is 1. The molecule has 0 aliphatic heterocycles. The summed E-state index contributed by atoms with van der Waals surface area (Å²) in [6.45, 7) is 1.99. The van der Waals surface area contributed by atoms with Gasteiger partial charge in [-0.3, -0.25) is 0 Å². The molecule has 1 aromatic carbocycles. The zero-order chi connectivity index (χ0) is 12.4. The summed E-state index contributed by atoms with van der Waals surface area (Å²) in [6, 6.07) is 5.18. The SMILES string of the molecule is CCC(Cl)c1cn(-c2cc(Cl)ccc2Cl)nn1. The summed E-state index contributed by atoms with van der Waals surface area (Å²) < 4.78 is 1.58. The lowest BCUT2D eigenvalue weighted by Gasteiger charge is -2.03. The van der Waals surface area contributed by atoms with Crippen molar-refractivity contribution < 1.29 is 0 Å². The molecule has 0 aliphatic carbocycles. The molecule has 0 bridgehead atoms. The third kappa shape index (κ3) is 2.73. The zero-order valence-corrected chi connectivity index (χ0v) is 11.3. The Morgan fingerprint density at radius 3 is 2.82 bits per heavy atom. The van der Waals surface area contributed by atoms with Crippen molar-refractivity contribution in [3.63, 3.8) is 0 Å². The summed E-state index contributed by atoms with van der Waals surface area (Å²) in [4.78, 5) is 0. The van der Waals surface area contributed by atoms with E-state index in [1.54, 1.807) is 29.1 Å². The number of nitrogens with zero attached hydrogens (tertiary/aromatic N) is 3. The highest BCUT2D eigenvalue weighted by Gasteiger charge is 2.12. The molecule has 1 heterocycles. The van der Waals surface area contributed by atoms with Gasteiger partial charge in [0.2, 0.25) is 0 Å². The largest absolute Gasteiger partial charge is 0.219 e. The van der Waals surface area contributed by atoms with E-state index in [9.17, 15) is 0 Å². The molecule has 1 unspecified atom stereocenters. The molecule has 6 heteroatoms. The van der Waals surface area contributed by atoms with Crippen molar-refractivity contribution >= 4 is 34.8 Å². The monoisotopic (exact) mass is 289 g/mol. The van der Waals surface area contributed by atoms with Crippen LogP contribution in [0.15, 0.2) is 24.4 Å². The average Bonchev–Trinajstić information content (AvgIpc) is 2.80. The topological polar surface area (TPSA) is 30.7 Å². The van der Waals surface area contributed by atoms with E-state index >= 15 is 0 Å². The first-order valence-corrected chi connectivity index (χ1v) is 6.32. The first-order chi connectivity index (χ1) is 8.11. The number of rotatable bonds is 3. The Morgan fingerprint density at radius 1 is 1.35 bits per heavy atom. The van der Waals surface area contributed by atoms with Gasteiger partial charge in [0.25, 0.3) is 0 Å². The first-order valence-electron chi connectivity index (χ1n) is 5.13. The number of halogens is 3. The molecule has 17 heavy (non-hydrogen) atoms. The van der Waals surface area contributed by atoms with Gasteiger partial charge in [0.1, 0.15) is 5.69 Å². The number of hydrogen-bond acceptors (Lipinski definition) is 2. The molecule has 0 N–H and O–H groups in total. The van der Waals surface area contributed by atoms with E-state index in [1.807, 2.05) is 6.92 Å². The fraction of sp³-hybridized carbons (Fsp3) is 0.273. The van der Waals surface area contributed by atoms with E-state index in [1.165, 1.54) is 0 Å². The number of aromatic nitrogens is 3. The molecule has 90 valence electrons. The predicted octanol–water partition coefficient (Wildman–Crippen LogP) is 4.26. The minimum atomic E-state index is -0.137. The van der Waals surface area contributed by atoms with Gasteiger partial charge in [0, 0.05) is 5.02 Å². The van der Waals surface area contributed by atoms with Crippen LogP contribution >= 0.6 is 34.8 Å². The van der Waals surface area contributed by atoms with Gasteiger partial charge in [0.15, 0.2) is 0 Å². The molecule has 0 saturated heterocycles. The molecule has 0 saturated carbocycles. The van der Waals surface area contributed by atoms with Crippen LogP contribution < -0.4 is 0 Å². The Morgan fingerprint density at radius 2 is 2.12 bits per heavy atom. The van der Waals surface area contributed by atoms with Crippen LogP contribution in [0.4, 0.5) is 0 Å². The quantitative estimate of drug-likeness (QED) is 0.791. The first kappa shape index (κ1) is 12.7. The minimum Gasteiger partial charge on any atom is -0.219 e. The Bertz CT molecular complexity index is 524. The molecule has 1 atom stereocenters. The Kier molecular flexibility index (Phi) is 3.92. The summed E-state index contributed by atoms with van der Waals surface area (Å²) in [5, 5.41) is 9.03. The lowest BCUT2D eigenvalue weighted by Crippen LogP contribution is -1.95. The maximum atomic E-state index is 6.09. The second-order valence-electron chi connectivity index (χ2n) is 3.56. The zero-order valence-electron chi connectivity index (χ0n) is 9.07.